The smallest absolute Gasteiger partial charge is 0.0266 e. The van der Waals surface area contributed by atoms with Crippen LogP contribution < -0.4 is 0 Å². The zero-order valence-corrected chi connectivity index (χ0v) is 11.9. The van der Waals surface area contributed by atoms with Crippen molar-refractivity contribution in [3.63, 3.8) is 0 Å². The largest absolute Gasteiger partial charge is 0.269 e. The van der Waals surface area contributed by atoms with Crippen molar-refractivity contribution in [3.05, 3.63) is 58.9 Å². The molecule has 0 bridgehead atoms. The Balaban J connectivity index is 2.69. The summed E-state index contributed by atoms with van der Waals surface area (Å²) in [6, 6.07) is 0. The molecule has 0 heterocycles. The molecule has 1 nitrogen and oxygen atoms in total. The highest BCUT2D eigenvalue weighted by Gasteiger charge is 2.03. The predicted octanol–water partition coefficient (Wildman–Crippen LogP) is 5.15. The summed E-state index contributed by atoms with van der Waals surface area (Å²) in [6.07, 6.45) is 16.8. The van der Waals surface area contributed by atoms with Crippen LogP contribution in [-0.2, 0) is 0 Å². The van der Waals surface area contributed by atoms with E-state index < -0.39 is 0 Å². The molecule has 96 valence electrons. The highest BCUT2D eigenvalue weighted by atomic mass is 14.6. The molecule has 0 radical (unpaired) electrons. The van der Waals surface area contributed by atoms with E-state index in [9.17, 15) is 0 Å². The van der Waals surface area contributed by atoms with Crippen molar-refractivity contribution >= 4 is 6.21 Å². The molecule has 0 saturated carbocycles. The topological polar surface area (TPSA) is 12.4 Å². The molecule has 0 atom stereocenters. The lowest BCUT2D eigenvalue weighted by molar-refractivity contribution is 0.912. The van der Waals surface area contributed by atoms with E-state index in [1.807, 2.05) is 19.2 Å². The van der Waals surface area contributed by atoms with Crippen LogP contribution in [0.25, 0.3) is 0 Å². The van der Waals surface area contributed by atoms with Crippen LogP contribution in [0, 0.1) is 0 Å². The maximum atomic E-state index is 4.05. The van der Waals surface area contributed by atoms with E-state index in [1.165, 1.54) is 28.7 Å². The van der Waals surface area contributed by atoms with Gasteiger partial charge in [0.1, 0.15) is 0 Å². The molecule has 0 aromatic rings. The van der Waals surface area contributed by atoms with Crippen molar-refractivity contribution in [1.29, 1.82) is 0 Å². The van der Waals surface area contributed by atoms with E-state index in [4.69, 9.17) is 0 Å². The second kappa shape index (κ2) is 7.65. The maximum Gasteiger partial charge on any atom is 0.0266 e. The number of nitrogens with zero attached hydrogens (tertiary/aromatic N) is 1. The molecule has 1 rings (SSSR count). The zero-order chi connectivity index (χ0) is 13.4. The van der Waals surface area contributed by atoms with Crippen LogP contribution in [0.4, 0.5) is 0 Å². The second-order valence-electron chi connectivity index (χ2n) is 4.69. The van der Waals surface area contributed by atoms with Crippen LogP contribution in [-0.4, -0.2) is 6.21 Å². The standard InChI is InChI=1S/C17H23N/c1-5-18-13-12-15(3)6-9-16(4)17-10-7-14(2)8-11-17/h5-7,9-10,12-13H,8,11H2,1-4H3/b13-12-,15-6+,16-9+,18-5?. The summed E-state index contributed by atoms with van der Waals surface area (Å²) in [5.41, 5.74) is 5.48. The summed E-state index contributed by atoms with van der Waals surface area (Å²) < 4.78 is 0. The van der Waals surface area contributed by atoms with E-state index >= 15 is 0 Å². The van der Waals surface area contributed by atoms with Gasteiger partial charge in [0.15, 0.2) is 0 Å². The number of hydrogen-bond donors (Lipinski definition) is 0. The minimum absolute atomic E-state index is 1.16. The first-order valence-corrected chi connectivity index (χ1v) is 6.49. The lowest BCUT2D eigenvalue weighted by Gasteiger charge is -2.12. The third kappa shape index (κ3) is 5.13. The van der Waals surface area contributed by atoms with Crippen LogP contribution in [0.5, 0.6) is 0 Å². The Hall–Kier alpha value is -1.63. The van der Waals surface area contributed by atoms with E-state index in [1.54, 1.807) is 6.21 Å². The van der Waals surface area contributed by atoms with Gasteiger partial charge in [0, 0.05) is 12.4 Å². The Morgan fingerprint density at radius 3 is 2.56 bits per heavy atom. The van der Waals surface area contributed by atoms with Crippen LogP contribution in [0.15, 0.2) is 63.9 Å². The van der Waals surface area contributed by atoms with Crippen molar-refractivity contribution < 1.29 is 0 Å². The minimum atomic E-state index is 1.16. The maximum absolute atomic E-state index is 4.05. The van der Waals surface area contributed by atoms with Gasteiger partial charge in [-0.1, -0.05) is 29.9 Å². The Morgan fingerprint density at radius 2 is 1.94 bits per heavy atom. The molecule has 0 amide bonds. The van der Waals surface area contributed by atoms with Gasteiger partial charge in [-0.15, -0.1) is 0 Å². The molecule has 0 aromatic carbocycles. The number of allylic oxidation sites excluding steroid dienone is 9. The number of rotatable bonds is 4. The average molecular weight is 241 g/mol. The first-order chi connectivity index (χ1) is 8.63. The fourth-order valence-electron chi connectivity index (χ4n) is 1.74. The molecular formula is C17H23N. The highest BCUT2D eigenvalue weighted by molar-refractivity contribution is 5.54. The Morgan fingerprint density at radius 1 is 1.17 bits per heavy atom. The molecule has 0 saturated heterocycles. The fraction of sp³-hybridized carbons (Fsp3) is 0.353. The van der Waals surface area contributed by atoms with Crippen molar-refractivity contribution in [1.82, 2.24) is 0 Å². The Labute approximate surface area is 111 Å². The van der Waals surface area contributed by atoms with Crippen LogP contribution in [0.3, 0.4) is 0 Å². The summed E-state index contributed by atoms with van der Waals surface area (Å²) >= 11 is 0. The van der Waals surface area contributed by atoms with E-state index in [2.05, 4.69) is 50.1 Å². The van der Waals surface area contributed by atoms with Crippen LogP contribution in [0.2, 0.25) is 0 Å². The van der Waals surface area contributed by atoms with Gasteiger partial charge in [-0.05, 0) is 63.3 Å². The molecular weight excluding hydrogens is 218 g/mol. The Bertz CT molecular complexity index is 454. The summed E-state index contributed by atoms with van der Waals surface area (Å²) in [6.45, 7) is 8.37. The van der Waals surface area contributed by atoms with Gasteiger partial charge in [0.05, 0.1) is 0 Å². The summed E-state index contributed by atoms with van der Waals surface area (Å²) in [5.74, 6) is 0. The highest BCUT2D eigenvalue weighted by Crippen LogP contribution is 2.23. The van der Waals surface area contributed by atoms with Crippen molar-refractivity contribution in [2.45, 2.75) is 40.5 Å². The molecule has 0 N–H and O–H groups in total. The summed E-state index contributed by atoms with van der Waals surface area (Å²) in [4.78, 5) is 4.05. The molecule has 0 aliphatic heterocycles. The quantitative estimate of drug-likeness (QED) is 0.477. The lowest BCUT2D eigenvalue weighted by atomic mass is 9.94. The second-order valence-corrected chi connectivity index (χ2v) is 4.69. The van der Waals surface area contributed by atoms with Gasteiger partial charge in [0.2, 0.25) is 0 Å². The SMILES string of the molecule is CC=N\C=C/C(C)=C/C=C(\C)C1=CC=C(C)CC1. The number of aliphatic imine (C=N–C) groups is 1. The molecule has 1 heteroatoms. The van der Waals surface area contributed by atoms with Gasteiger partial charge < -0.3 is 0 Å². The van der Waals surface area contributed by atoms with Crippen molar-refractivity contribution in [2.75, 3.05) is 0 Å². The third-order valence-electron chi connectivity index (χ3n) is 3.03. The first-order valence-electron chi connectivity index (χ1n) is 6.49. The fourth-order valence-corrected chi connectivity index (χ4v) is 1.74. The van der Waals surface area contributed by atoms with E-state index in [0.717, 1.165) is 6.42 Å². The van der Waals surface area contributed by atoms with Crippen molar-refractivity contribution in [2.24, 2.45) is 4.99 Å². The molecule has 0 spiro atoms. The number of hydrogen-bond acceptors (Lipinski definition) is 1. The molecule has 18 heavy (non-hydrogen) atoms. The average Bonchev–Trinajstić information content (AvgIpc) is 2.37. The third-order valence-corrected chi connectivity index (χ3v) is 3.03. The van der Waals surface area contributed by atoms with E-state index in [0.29, 0.717) is 0 Å². The Kier molecular flexibility index (Phi) is 6.13. The van der Waals surface area contributed by atoms with Crippen LogP contribution in [0.1, 0.15) is 40.5 Å². The summed E-state index contributed by atoms with van der Waals surface area (Å²) in [5, 5.41) is 0. The van der Waals surface area contributed by atoms with Gasteiger partial charge in [-0.2, -0.15) is 0 Å². The molecule has 1 aliphatic carbocycles. The van der Waals surface area contributed by atoms with Gasteiger partial charge in [-0.25, -0.2) is 0 Å². The molecule has 0 aromatic heterocycles. The molecule has 1 aliphatic rings. The zero-order valence-electron chi connectivity index (χ0n) is 11.9. The first kappa shape index (κ1) is 14.4. The van der Waals surface area contributed by atoms with Crippen molar-refractivity contribution in [3.8, 4) is 0 Å². The van der Waals surface area contributed by atoms with Gasteiger partial charge in [0.25, 0.3) is 0 Å². The normalized spacial score (nSPS) is 18.4. The van der Waals surface area contributed by atoms with Gasteiger partial charge >= 0.3 is 0 Å². The summed E-state index contributed by atoms with van der Waals surface area (Å²) in [7, 11) is 0. The van der Waals surface area contributed by atoms with Gasteiger partial charge in [-0.3, -0.25) is 4.99 Å². The molecule has 0 fully saturated rings. The minimum Gasteiger partial charge on any atom is -0.269 e. The molecule has 0 unspecified atom stereocenters. The lowest BCUT2D eigenvalue weighted by Crippen LogP contribution is -1.92. The van der Waals surface area contributed by atoms with E-state index in [-0.39, 0.29) is 0 Å². The monoisotopic (exact) mass is 241 g/mol. The predicted molar refractivity (Wildman–Crippen MR) is 81.9 cm³/mol. The van der Waals surface area contributed by atoms with Crippen LogP contribution >= 0.6 is 0 Å².